The molecule has 22 heavy (non-hydrogen) atoms. The molecule has 0 saturated heterocycles. The largest absolute Gasteiger partial charge is 0.497 e. The predicted molar refractivity (Wildman–Crippen MR) is 88.3 cm³/mol. The third kappa shape index (κ3) is 2.99. The van der Waals surface area contributed by atoms with Crippen molar-refractivity contribution in [3.05, 3.63) is 77.4 Å². The number of carbonyl (C=O) groups is 1. The molecule has 0 aliphatic heterocycles. The van der Waals surface area contributed by atoms with Crippen LogP contribution in [0.15, 0.2) is 60.7 Å². The lowest BCUT2D eigenvalue weighted by atomic mass is 10.1. The molecule has 0 heterocycles. The van der Waals surface area contributed by atoms with Crippen molar-refractivity contribution in [2.45, 2.75) is 0 Å². The van der Waals surface area contributed by atoms with E-state index in [-0.39, 0.29) is 0 Å². The van der Waals surface area contributed by atoms with Crippen molar-refractivity contribution in [2.24, 2.45) is 0 Å². The van der Waals surface area contributed by atoms with Crippen LogP contribution in [-0.2, 0) is 0 Å². The molecule has 2 nitrogen and oxygen atoms in total. The zero-order valence-electron chi connectivity index (χ0n) is 12.2. The molecule has 0 fully saturated rings. The van der Waals surface area contributed by atoms with E-state index in [0.717, 1.165) is 33.9 Å². The van der Waals surface area contributed by atoms with Crippen molar-refractivity contribution in [3.63, 3.8) is 0 Å². The van der Waals surface area contributed by atoms with Gasteiger partial charge in [-0.1, -0.05) is 36.1 Å². The van der Waals surface area contributed by atoms with Gasteiger partial charge >= 0.3 is 0 Å². The lowest BCUT2D eigenvalue weighted by Gasteiger charge is -2.02. The van der Waals surface area contributed by atoms with Crippen molar-refractivity contribution < 1.29 is 9.53 Å². The Kier molecular flexibility index (Phi) is 3.89. The van der Waals surface area contributed by atoms with E-state index in [1.165, 1.54) is 0 Å². The van der Waals surface area contributed by atoms with Crippen LogP contribution in [0.1, 0.15) is 21.5 Å². The van der Waals surface area contributed by atoms with Gasteiger partial charge in [-0.25, -0.2) is 0 Å². The van der Waals surface area contributed by atoms with E-state index in [0.29, 0.717) is 5.56 Å². The van der Waals surface area contributed by atoms with Crippen LogP contribution in [0.2, 0.25) is 0 Å². The molecule has 0 aliphatic carbocycles. The van der Waals surface area contributed by atoms with E-state index < -0.39 is 0 Å². The molecular weight excluding hydrogens is 272 g/mol. The fraction of sp³-hybridized carbons (Fsp3) is 0.0500. The number of aldehydes is 1. The number of hydrogen-bond acceptors (Lipinski definition) is 2. The summed E-state index contributed by atoms with van der Waals surface area (Å²) in [6.07, 6.45) is 0.828. The van der Waals surface area contributed by atoms with Gasteiger partial charge in [0.15, 0.2) is 0 Å². The molecule has 106 valence electrons. The number of benzene rings is 3. The lowest BCUT2D eigenvalue weighted by Crippen LogP contribution is -1.83. The van der Waals surface area contributed by atoms with Gasteiger partial charge in [0.2, 0.25) is 0 Å². The van der Waals surface area contributed by atoms with Gasteiger partial charge < -0.3 is 4.74 Å². The minimum Gasteiger partial charge on any atom is -0.497 e. The van der Waals surface area contributed by atoms with Gasteiger partial charge in [0.1, 0.15) is 12.0 Å². The SMILES string of the molecule is COc1ccc2cc(C#Cc3ccc(C=O)cc3)ccc2c1. The third-order valence-corrected chi connectivity index (χ3v) is 3.45. The summed E-state index contributed by atoms with van der Waals surface area (Å²) in [7, 11) is 1.66. The molecule has 0 aliphatic rings. The number of carbonyl (C=O) groups excluding carboxylic acids is 1. The smallest absolute Gasteiger partial charge is 0.150 e. The minimum atomic E-state index is 0.658. The Morgan fingerprint density at radius 1 is 0.818 bits per heavy atom. The van der Waals surface area contributed by atoms with Gasteiger partial charge in [-0.15, -0.1) is 0 Å². The molecule has 0 spiro atoms. The van der Waals surface area contributed by atoms with E-state index in [9.17, 15) is 4.79 Å². The fourth-order valence-electron chi connectivity index (χ4n) is 2.22. The summed E-state index contributed by atoms with van der Waals surface area (Å²) >= 11 is 0. The molecular formula is C20H14O2. The average Bonchev–Trinajstić information content (AvgIpc) is 2.59. The molecule has 0 saturated carbocycles. The Hall–Kier alpha value is -3.05. The van der Waals surface area contributed by atoms with Crippen molar-refractivity contribution in [1.29, 1.82) is 0 Å². The average molecular weight is 286 g/mol. The van der Waals surface area contributed by atoms with Crippen molar-refractivity contribution >= 4 is 17.1 Å². The summed E-state index contributed by atoms with van der Waals surface area (Å²) in [5.41, 5.74) is 2.50. The molecule has 0 aromatic heterocycles. The highest BCUT2D eigenvalue weighted by molar-refractivity contribution is 5.85. The first-order valence-electron chi connectivity index (χ1n) is 6.93. The van der Waals surface area contributed by atoms with Gasteiger partial charge in [0, 0.05) is 16.7 Å². The second-order valence-corrected chi connectivity index (χ2v) is 4.92. The maximum absolute atomic E-state index is 10.6. The molecule has 0 unspecified atom stereocenters. The maximum Gasteiger partial charge on any atom is 0.150 e. The van der Waals surface area contributed by atoms with Gasteiger partial charge in [-0.2, -0.15) is 0 Å². The van der Waals surface area contributed by atoms with Crippen LogP contribution < -0.4 is 4.74 Å². The van der Waals surface area contributed by atoms with Crippen molar-refractivity contribution in [2.75, 3.05) is 7.11 Å². The molecule has 0 radical (unpaired) electrons. The molecule has 0 bridgehead atoms. The number of rotatable bonds is 2. The molecule has 0 atom stereocenters. The molecule has 0 N–H and O–H groups in total. The van der Waals surface area contributed by atoms with Crippen LogP contribution in [0.4, 0.5) is 0 Å². The summed E-state index contributed by atoms with van der Waals surface area (Å²) < 4.78 is 5.22. The highest BCUT2D eigenvalue weighted by atomic mass is 16.5. The number of methoxy groups -OCH3 is 1. The quantitative estimate of drug-likeness (QED) is 0.524. The fourth-order valence-corrected chi connectivity index (χ4v) is 2.22. The first-order valence-corrected chi connectivity index (χ1v) is 6.93. The van der Waals surface area contributed by atoms with Gasteiger partial charge in [0.05, 0.1) is 7.11 Å². The van der Waals surface area contributed by atoms with Crippen LogP contribution >= 0.6 is 0 Å². The Labute approximate surface area is 129 Å². The highest BCUT2D eigenvalue weighted by Crippen LogP contribution is 2.21. The molecule has 3 aromatic rings. The Morgan fingerprint density at radius 2 is 1.45 bits per heavy atom. The monoisotopic (exact) mass is 286 g/mol. The summed E-state index contributed by atoms with van der Waals surface area (Å²) in [4.78, 5) is 10.6. The predicted octanol–water partition coefficient (Wildman–Crippen LogP) is 4.06. The van der Waals surface area contributed by atoms with Crippen molar-refractivity contribution in [1.82, 2.24) is 0 Å². The van der Waals surface area contributed by atoms with E-state index in [2.05, 4.69) is 17.9 Å². The zero-order valence-corrected chi connectivity index (χ0v) is 12.2. The van der Waals surface area contributed by atoms with Gasteiger partial charge in [-0.3, -0.25) is 4.79 Å². The Bertz CT molecular complexity index is 881. The number of ether oxygens (including phenoxy) is 1. The second-order valence-electron chi connectivity index (χ2n) is 4.92. The minimum absolute atomic E-state index is 0.658. The Morgan fingerprint density at radius 3 is 2.18 bits per heavy atom. The second kappa shape index (κ2) is 6.15. The van der Waals surface area contributed by atoms with Gasteiger partial charge in [0.25, 0.3) is 0 Å². The standard InChI is InChI=1S/C20H14O2/c1-22-20-11-10-18-12-16(8-9-19(18)13-20)5-2-15-3-6-17(14-21)7-4-15/h3-4,6-14H,1H3. The van der Waals surface area contributed by atoms with Gasteiger partial charge in [-0.05, 0) is 47.2 Å². The summed E-state index contributed by atoms with van der Waals surface area (Å²) in [6, 6.07) is 19.3. The lowest BCUT2D eigenvalue weighted by molar-refractivity contribution is 0.112. The van der Waals surface area contributed by atoms with Crippen molar-refractivity contribution in [3.8, 4) is 17.6 Å². The van der Waals surface area contributed by atoms with Crippen LogP contribution in [0.25, 0.3) is 10.8 Å². The summed E-state index contributed by atoms with van der Waals surface area (Å²) in [5, 5.41) is 2.25. The van der Waals surface area contributed by atoms with Crippen LogP contribution in [0, 0.1) is 11.8 Å². The number of fused-ring (bicyclic) bond motifs is 1. The maximum atomic E-state index is 10.6. The summed E-state index contributed by atoms with van der Waals surface area (Å²) in [5.74, 6) is 7.11. The molecule has 3 aromatic carbocycles. The first kappa shape index (κ1) is 13.9. The van der Waals surface area contributed by atoms with E-state index in [1.54, 1.807) is 19.2 Å². The van der Waals surface area contributed by atoms with E-state index in [1.807, 2.05) is 42.5 Å². The van der Waals surface area contributed by atoms with E-state index >= 15 is 0 Å². The van der Waals surface area contributed by atoms with Crippen LogP contribution in [-0.4, -0.2) is 13.4 Å². The molecule has 3 rings (SSSR count). The molecule has 2 heteroatoms. The Balaban J connectivity index is 1.90. The topological polar surface area (TPSA) is 26.3 Å². The van der Waals surface area contributed by atoms with E-state index in [4.69, 9.17) is 4.74 Å². The zero-order chi connectivity index (χ0) is 15.4. The normalized spacial score (nSPS) is 9.86. The number of hydrogen-bond donors (Lipinski definition) is 0. The summed E-state index contributed by atoms with van der Waals surface area (Å²) in [6.45, 7) is 0. The highest BCUT2D eigenvalue weighted by Gasteiger charge is 1.97. The van der Waals surface area contributed by atoms with Crippen LogP contribution in [0.5, 0.6) is 5.75 Å². The van der Waals surface area contributed by atoms with Crippen LogP contribution in [0.3, 0.4) is 0 Å². The third-order valence-electron chi connectivity index (χ3n) is 3.45. The molecule has 0 amide bonds. The first-order chi connectivity index (χ1) is 10.8.